The van der Waals surface area contributed by atoms with E-state index in [1.165, 1.54) is 11.1 Å². The highest BCUT2D eigenvalue weighted by Gasteiger charge is 2.32. The van der Waals surface area contributed by atoms with E-state index in [1.807, 2.05) is 12.1 Å². The van der Waals surface area contributed by atoms with Crippen molar-refractivity contribution in [3.63, 3.8) is 0 Å². The van der Waals surface area contributed by atoms with E-state index in [0.717, 1.165) is 42.3 Å². The third-order valence-corrected chi connectivity index (χ3v) is 10.8. The maximum Gasteiger partial charge on any atom is 0.192 e. The first-order chi connectivity index (χ1) is 15.6. The number of allylic oxidation sites excluding steroid dienone is 1. The second kappa shape index (κ2) is 14.3. The van der Waals surface area contributed by atoms with Gasteiger partial charge in [-0.05, 0) is 59.8 Å². The van der Waals surface area contributed by atoms with Gasteiger partial charge < -0.3 is 18.6 Å². The Bertz CT molecular complexity index is 774. The summed E-state index contributed by atoms with van der Waals surface area (Å²) in [4.78, 5) is 0. The molecule has 1 atom stereocenters. The van der Waals surface area contributed by atoms with Gasteiger partial charge in [-0.1, -0.05) is 69.3 Å². The number of methoxy groups -OCH3 is 2. The fourth-order valence-electron chi connectivity index (χ4n) is 3.83. The zero-order chi connectivity index (χ0) is 23.2. The third-order valence-electron chi connectivity index (χ3n) is 6.18. The molecule has 0 aliphatic rings. The molecule has 176 valence electrons. The topological polar surface area (TPSA) is 36.9 Å². The molecule has 0 aromatic heterocycles. The Morgan fingerprint density at radius 2 is 1.44 bits per heavy atom. The quantitative estimate of drug-likeness (QED) is 0.124. The Morgan fingerprint density at radius 3 is 2.00 bits per heavy atom. The average molecular weight is 457 g/mol. The zero-order valence-corrected chi connectivity index (χ0v) is 21.4. The van der Waals surface area contributed by atoms with E-state index in [1.54, 1.807) is 14.2 Å². The summed E-state index contributed by atoms with van der Waals surface area (Å²) in [5.74, 6) is 0.879. The molecule has 2 rings (SSSR count). The van der Waals surface area contributed by atoms with E-state index in [0.29, 0.717) is 13.4 Å². The molecule has 2 aromatic carbocycles. The van der Waals surface area contributed by atoms with Crippen LogP contribution in [0.1, 0.15) is 50.0 Å². The van der Waals surface area contributed by atoms with E-state index in [4.69, 9.17) is 18.6 Å². The van der Waals surface area contributed by atoms with Gasteiger partial charge in [-0.2, -0.15) is 0 Å². The Kier molecular flexibility index (Phi) is 11.7. The van der Waals surface area contributed by atoms with Crippen molar-refractivity contribution in [3.05, 3.63) is 77.4 Å². The van der Waals surface area contributed by atoms with Crippen LogP contribution in [0.5, 0.6) is 5.75 Å². The van der Waals surface area contributed by atoms with Gasteiger partial charge in [0, 0.05) is 7.11 Å². The monoisotopic (exact) mass is 456 g/mol. The number of hydrogen-bond donors (Lipinski definition) is 0. The Balaban J connectivity index is 2.02. The Labute approximate surface area is 195 Å². The largest absolute Gasteiger partial charge is 0.497 e. The van der Waals surface area contributed by atoms with Gasteiger partial charge >= 0.3 is 0 Å². The van der Waals surface area contributed by atoms with Crippen molar-refractivity contribution in [3.8, 4) is 5.75 Å². The van der Waals surface area contributed by atoms with Crippen LogP contribution in [0.15, 0.2) is 60.7 Å². The first-order valence-electron chi connectivity index (χ1n) is 11.7. The van der Waals surface area contributed by atoms with Gasteiger partial charge in [0.15, 0.2) is 8.32 Å². The van der Waals surface area contributed by atoms with Crippen molar-refractivity contribution < 1.29 is 18.6 Å². The molecule has 0 saturated carbocycles. The summed E-state index contributed by atoms with van der Waals surface area (Å²) in [7, 11) is 1.62. The summed E-state index contributed by atoms with van der Waals surface area (Å²) in [5, 5.41) is 0. The van der Waals surface area contributed by atoms with Crippen molar-refractivity contribution in [2.45, 2.75) is 64.5 Å². The normalized spacial score (nSPS) is 12.9. The summed E-state index contributed by atoms with van der Waals surface area (Å²) in [6, 6.07) is 20.3. The summed E-state index contributed by atoms with van der Waals surface area (Å²) >= 11 is 0. The lowest BCUT2D eigenvalue weighted by Crippen LogP contribution is -2.37. The highest BCUT2D eigenvalue weighted by atomic mass is 28.4. The molecule has 4 nitrogen and oxygen atoms in total. The first-order valence-corrected chi connectivity index (χ1v) is 14.2. The van der Waals surface area contributed by atoms with Crippen molar-refractivity contribution in [1.82, 2.24) is 0 Å². The van der Waals surface area contributed by atoms with Crippen molar-refractivity contribution in [2.24, 2.45) is 0 Å². The number of ether oxygens (including phenoxy) is 3. The number of benzene rings is 2. The Morgan fingerprint density at radius 1 is 0.812 bits per heavy atom. The van der Waals surface area contributed by atoms with Crippen molar-refractivity contribution in [1.29, 1.82) is 0 Å². The molecule has 0 saturated heterocycles. The van der Waals surface area contributed by atoms with Crippen LogP contribution in [0.2, 0.25) is 18.1 Å². The molecule has 0 aliphatic heterocycles. The van der Waals surface area contributed by atoms with Crippen molar-refractivity contribution in [2.75, 3.05) is 21.0 Å². The summed E-state index contributed by atoms with van der Waals surface area (Å²) in [5.41, 5.74) is 3.67. The van der Waals surface area contributed by atoms with Gasteiger partial charge in [0.05, 0.1) is 19.8 Å². The van der Waals surface area contributed by atoms with E-state index >= 15 is 0 Å². The number of hydrogen-bond acceptors (Lipinski definition) is 4. The van der Waals surface area contributed by atoms with Gasteiger partial charge in [0.1, 0.15) is 12.5 Å². The first kappa shape index (κ1) is 26.3. The fraction of sp³-hybridized carbons (Fsp3) is 0.481. The molecule has 2 aromatic rings. The lowest BCUT2D eigenvalue weighted by molar-refractivity contribution is -0.0390. The third kappa shape index (κ3) is 8.21. The Hall–Kier alpha value is -1.92. The number of rotatable bonds is 15. The highest BCUT2D eigenvalue weighted by Crippen LogP contribution is 2.32. The van der Waals surface area contributed by atoms with Crippen LogP contribution >= 0.6 is 0 Å². The molecule has 0 spiro atoms. The predicted octanol–water partition coefficient (Wildman–Crippen LogP) is 7.07. The van der Waals surface area contributed by atoms with E-state index in [9.17, 15) is 0 Å². The van der Waals surface area contributed by atoms with Crippen LogP contribution < -0.4 is 4.74 Å². The second-order valence-corrected chi connectivity index (χ2v) is 12.8. The molecule has 0 heterocycles. The molecule has 0 radical (unpaired) electrons. The maximum atomic E-state index is 6.88. The van der Waals surface area contributed by atoms with Crippen LogP contribution in [0.4, 0.5) is 0 Å². The molecule has 32 heavy (non-hydrogen) atoms. The smallest absolute Gasteiger partial charge is 0.192 e. The van der Waals surface area contributed by atoms with Crippen LogP contribution in [0, 0.1) is 0 Å². The molecular formula is C27H40O4Si. The molecular weight excluding hydrogens is 416 g/mol. The van der Waals surface area contributed by atoms with E-state index < -0.39 is 8.32 Å². The van der Waals surface area contributed by atoms with Crippen LogP contribution in [0.25, 0.3) is 0 Å². The zero-order valence-electron chi connectivity index (χ0n) is 20.4. The minimum Gasteiger partial charge on any atom is -0.497 e. The molecule has 0 N–H and O–H groups in total. The van der Waals surface area contributed by atoms with Gasteiger partial charge in [0.2, 0.25) is 0 Å². The van der Waals surface area contributed by atoms with Gasteiger partial charge in [-0.3, -0.25) is 0 Å². The van der Waals surface area contributed by atoms with Crippen molar-refractivity contribution >= 4 is 8.32 Å². The second-order valence-electron chi connectivity index (χ2n) is 8.11. The standard InChI is InChI=1S/C27H40O4Si/c1-6-32(7-2,8-3)31-27(25-17-19-26(29-5)20-18-25)12-10-9-11-23-13-15-24(16-14-23)21-30-22-28-4/h9-10,13-20,27H,6-8,11-12,21-22H2,1-5H3/b10-9-/t27-/m0/s1. The molecule has 0 unspecified atom stereocenters. The predicted molar refractivity (Wildman–Crippen MR) is 135 cm³/mol. The molecule has 5 heteroatoms. The van der Waals surface area contributed by atoms with Gasteiger partial charge in [-0.25, -0.2) is 0 Å². The summed E-state index contributed by atoms with van der Waals surface area (Å²) in [6.07, 6.45) is 6.40. The SMILES string of the molecule is CC[Si](CC)(CC)O[C@@H](C/C=C\Cc1ccc(COCOC)cc1)c1ccc(OC)cc1. The maximum absolute atomic E-state index is 6.88. The average Bonchev–Trinajstić information content (AvgIpc) is 2.85. The molecule has 0 aliphatic carbocycles. The molecule has 0 bridgehead atoms. The molecule has 0 fully saturated rings. The highest BCUT2D eigenvalue weighted by molar-refractivity contribution is 6.73. The van der Waals surface area contributed by atoms with Crippen LogP contribution in [-0.2, 0) is 26.9 Å². The minimum atomic E-state index is -1.72. The van der Waals surface area contributed by atoms with Gasteiger partial charge in [0.25, 0.3) is 0 Å². The fourth-order valence-corrected chi connectivity index (χ4v) is 6.66. The van der Waals surface area contributed by atoms with Gasteiger partial charge in [-0.15, -0.1) is 0 Å². The van der Waals surface area contributed by atoms with Crippen LogP contribution in [0.3, 0.4) is 0 Å². The lowest BCUT2D eigenvalue weighted by Gasteiger charge is -2.33. The minimum absolute atomic E-state index is 0.0870. The van der Waals surface area contributed by atoms with Crippen LogP contribution in [-0.4, -0.2) is 29.3 Å². The van der Waals surface area contributed by atoms with E-state index in [2.05, 4.69) is 69.3 Å². The molecule has 0 amide bonds. The van der Waals surface area contributed by atoms with E-state index in [-0.39, 0.29) is 6.10 Å². The summed E-state index contributed by atoms with van der Waals surface area (Å²) < 4.78 is 22.5. The lowest BCUT2D eigenvalue weighted by atomic mass is 10.0. The summed E-state index contributed by atoms with van der Waals surface area (Å²) in [6.45, 7) is 7.74.